The molecule has 0 bridgehead atoms. The van der Waals surface area contributed by atoms with E-state index < -0.39 is 24.4 Å². The minimum Gasteiger partial charge on any atom is -0.492 e. The Morgan fingerprint density at radius 1 is 0.725 bits per heavy atom. The van der Waals surface area contributed by atoms with Gasteiger partial charge in [0.05, 0.1) is 23.0 Å². The van der Waals surface area contributed by atoms with Gasteiger partial charge in [0.2, 0.25) is 0 Å². The van der Waals surface area contributed by atoms with E-state index in [1.54, 1.807) is 36.0 Å². The molecule has 4 rings (SSSR count). The van der Waals surface area contributed by atoms with Crippen molar-refractivity contribution in [2.45, 2.75) is 58.6 Å². The van der Waals surface area contributed by atoms with E-state index >= 15 is 0 Å². The highest BCUT2D eigenvalue weighted by Crippen LogP contribution is 2.32. The Morgan fingerprint density at radius 3 is 1.40 bits per heavy atom. The lowest BCUT2D eigenvalue weighted by atomic mass is 10.1. The maximum atomic E-state index is 10.8. The largest absolute Gasteiger partial charge is 0.492 e. The van der Waals surface area contributed by atoms with Crippen molar-refractivity contribution < 1.29 is 38.7 Å². The number of rotatable bonds is 8. The van der Waals surface area contributed by atoms with E-state index in [2.05, 4.69) is 31.9 Å². The molecule has 2 heterocycles. The van der Waals surface area contributed by atoms with Gasteiger partial charge in [-0.1, -0.05) is 31.9 Å². The van der Waals surface area contributed by atoms with Gasteiger partial charge in [-0.2, -0.15) is 0 Å². The first kappa shape index (κ1) is 32.6. The summed E-state index contributed by atoms with van der Waals surface area (Å²) in [7, 11) is 0. The highest BCUT2D eigenvalue weighted by Gasteiger charge is 2.33. The van der Waals surface area contributed by atoms with E-state index in [-0.39, 0.29) is 35.7 Å². The van der Waals surface area contributed by atoms with Crippen LogP contribution in [0.15, 0.2) is 91.9 Å². The third-order valence-electron chi connectivity index (χ3n) is 5.55. The van der Waals surface area contributed by atoms with Gasteiger partial charge < -0.3 is 29.2 Å². The fourth-order valence-corrected chi connectivity index (χ4v) is 6.15. The third-order valence-corrected chi connectivity index (χ3v) is 9.11. The summed E-state index contributed by atoms with van der Waals surface area (Å²) in [5.74, 6) is -0.764. The lowest BCUT2D eigenvalue weighted by Gasteiger charge is -2.30. The van der Waals surface area contributed by atoms with Crippen molar-refractivity contribution in [1.82, 2.24) is 0 Å². The van der Waals surface area contributed by atoms with Crippen LogP contribution < -0.4 is 0 Å². The summed E-state index contributed by atoms with van der Waals surface area (Å²) in [5.41, 5.74) is 0. The van der Waals surface area contributed by atoms with Gasteiger partial charge in [-0.15, -0.1) is 23.5 Å². The summed E-state index contributed by atoms with van der Waals surface area (Å²) in [6.07, 6.45) is 4.20. The Kier molecular flexibility index (Phi) is 13.4. The van der Waals surface area contributed by atoms with E-state index in [4.69, 9.17) is 18.9 Å². The number of carbonyl (C=O) groups excluding carboxylic acids is 2. The Hall–Kier alpha value is -1.96. The van der Waals surface area contributed by atoms with Gasteiger partial charge in [-0.05, 0) is 60.7 Å². The van der Waals surface area contributed by atoms with Gasteiger partial charge in [-0.3, -0.25) is 9.59 Å². The molecule has 12 heteroatoms. The summed E-state index contributed by atoms with van der Waals surface area (Å²) >= 11 is 9.85. The lowest BCUT2D eigenvalue weighted by Crippen LogP contribution is -2.41. The second-order valence-corrected chi connectivity index (χ2v) is 13.0. The van der Waals surface area contributed by atoms with Crippen molar-refractivity contribution in [3.63, 3.8) is 0 Å². The summed E-state index contributed by atoms with van der Waals surface area (Å²) in [5, 5.41) is 20.3. The normalized spacial score (nSPS) is 25.1. The number of ether oxygens (including phenoxy) is 4. The Morgan fingerprint density at radius 2 is 1.07 bits per heavy atom. The molecular weight excluding hydrogens is 688 g/mol. The fraction of sp³-hybridized carbons (Fsp3) is 0.357. The van der Waals surface area contributed by atoms with Crippen LogP contribution in [-0.2, 0) is 28.5 Å². The molecule has 0 unspecified atom stereocenters. The summed E-state index contributed by atoms with van der Waals surface area (Å²) in [4.78, 5) is 23.7. The molecule has 2 aromatic rings. The first-order valence-electron chi connectivity index (χ1n) is 12.2. The first-order valence-corrected chi connectivity index (χ1v) is 15.6. The third kappa shape index (κ3) is 10.8. The molecular formula is C28H30Br2O8S2. The monoisotopic (exact) mass is 716 g/mol. The molecule has 216 valence electrons. The van der Waals surface area contributed by atoms with Crippen molar-refractivity contribution in [3.8, 4) is 0 Å². The molecule has 40 heavy (non-hydrogen) atoms. The smallest absolute Gasteiger partial charge is 0.302 e. The number of halogens is 2. The van der Waals surface area contributed by atoms with Gasteiger partial charge in [-0.25, -0.2) is 0 Å². The van der Waals surface area contributed by atoms with Crippen molar-refractivity contribution in [2.75, 3.05) is 13.2 Å². The number of benzene rings is 2. The van der Waals surface area contributed by atoms with Gasteiger partial charge in [0, 0.05) is 32.6 Å². The molecule has 0 fully saturated rings. The molecule has 2 N–H and O–H groups in total. The molecule has 2 aromatic carbocycles. The van der Waals surface area contributed by atoms with Crippen LogP contribution in [0.1, 0.15) is 13.8 Å². The van der Waals surface area contributed by atoms with E-state index in [0.717, 1.165) is 18.7 Å². The van der Waals surface area contributed by atoms with Crippen LogP contribution in [0, 0.1) is 0 Å². The minimum absolute atomic E-state index is 0.0538. The summed E-state index contributed by atoms with van der Waals surface area (Å²) in [6.45, 7) is 2.77. The Balaban J connectivity index is 0.000000220. The van der Waals surface area contributed by atoms with Gasteiger partial charge >= 0.3 is 11.9 Å². The SMILES string of the molecule is CC(=O)OC[C@H]1OC=C[C@H](Sc2ccc(Br)cc2)[C@H]1O.CC(=O)OC[C@H]1OC=C[C@H](Sc2ccc(Br)cc2)[C@H]1O. The van der Waals surface area contributed by atoms with E-state index in [1.807, 2.05) is 60.7 Å². The van der Waals surface area contributed by atoms with E-state index in [1.165, 1.54) is 13.8 Å². The number of hydrogen-bond acceptors (Lipinski definition) is 10. The highest BCUT2D eigenvalue weighted by molar-refractivity contribution is 9.10. The number of esters is 2. The van der Waals surface area contributed by atoms with Crippen molar-refractivity contribution in [2.24, 2.45) is 0 Å². The summed E-state index contributed by atoms with van der Waals surface area (Å²) < 4.78 is 22.4. The molecule has 0 aromatic heterocycles. The molecule has 2 aliphatic heterocycles. The lowest BCUT2D eigenvalue weighted by molar-refractivity contribution is -0.147. The van der Waals surface area contributed by atoms with E-state index in [9.17, 15) is 19.8 Å². The van der Waals surface area contributed by atoms with Crippen molar-refractivity contribution in [1.29, 1.82) is 0 Å². The molecule has 0 aliphatic carbocycles. The first-order chi connectivity index (χ1) is 19.1. The molecule has 0 spiro atoms. The second kappa shape index (κ2) is 16.5. The Labute approximate surface area is 258 Å². The predicted octanol–water partition coefficient (Wildman–Crippen LogP) is 5.49. The molecule has 0 amide bonds. The predicted molar refractivity (Wildman–Crippen MR) is 161 cm³/mol. The van der Waals surface area contributed by atoms with Crippen LogP contribution in [0.25, 0.3) is 0 Å². The minimum atomic E-state index is -0.729. The maximum Gasteiger partial charge on any atom is 0.302 e. The zero-order valence-electron chi connectivity index (χ0n) is 21.7. The van der Waals surface area contributed by atoms with Crippen LogP contribution in [0.5, 0.6) is 0 Å². The molecule has 8 nitrogen and oxygen atoms in total. The molecule has 0 saturated carbocycles. The average Bonchev–Trinajstić information content (AvgIpc) is 2.92. The van der Waals surface area contributed by atoms with Crippen LogP contribution in [0.3, 0.4) is 0 Å². The summed E-state index contributed by atoms with van der Waals surface area (Å²) in [6, 6.07) is 15.7. The van der Waals surface area contributed by atoms with Gasteiger partial charge in [0.1, 0.15) is 25.4 Å². The Bertz CT molecular complexity index is 1070. The van der Waals surface area contributed by atoms with Gasteiger partial charge in [0.15, 0.2) is 12.2 Å². The standard InChI is InChI=1S/2C14H15BrO4S/c2*1-9(16)19-8-12-14(17)13(6-7-18-12)20-11-4-2-10(15)3-5-11/h2*2-7,12-14,17H,8H2,1H3/t2*12-,13+,14+/m11/s1. The molecule has 2 aliphatic rings. The van der Waals surface area contributed by atoms with Crippen LogP contribution >= 0.6 is 55.4 Å². The maximum absolute atomic E-state index is 10.8. The zero-order chi connectivity index (χ0) is 29.1. The average molecular weight is 718 g/mol. The number of thioether (sulfide) groups is 2. The van der Waals surface area contributed by atoms with Crippen molar-refractivity contribution in [3.05, 3.63) is 82.2 Å². The number of aliphatic hydroxyl groups excluding tert-OH is 2. The number of aliphatic hydroxyl groups is 2. The molecule has 6 atom stereocenters. The highest BCUT2D eigenvalue weighted by atomic mass is 79.9. The zero-order valence-corrected chi connectivity index (χ0v) is 26.5. The second-order valence-electron chi connectivity index (χ2n) is 8.67. The topological polar surface area (TPSA) is 112 Å². The van der Waals surface area contributed by atoms with Crippen molar-refractivity contribution >= 4 is 67.3 Å². The fourth-order valence-electron chi connectivity index (χ4n) is 3.49. The quantitative estimate of drug-likeness (QED) is 0.340. The van der Waals surface area contributed by atoms with Crippen LogP contribution in [0.2, 0.25) is 0 Å². The molecule has 0 saturated heterocycles. The number of hydrogen-bond donors (Lipinski definition) is 2. The molecule has 0 radical (unpaired) electrons. The van der Waals surface area contributed by atoms with E-state index in [0.29, 0.717) is 0 Å². The number of carbonyl (C=O) groups is 2. The van der Waals surface area contributed by atoms with Gasteiger partial charge in [0.25, 0.3) is 0 Å². The van der Waals surface area contributed by atoms with Crippen LogP contribution in [-0.4, -0.2) is 70.3 Å². The van der Waals surface area contributed by atoms with Crippen LogP contribution in [0.4, 0.5) is 0 Å².